The lowest BCUT2D eigenvalue weighted by Gasteiger charge is -2.11. The van der Waals surface area contributed by atoms with E-state index in [0.717, 1.165) is 6.07 Å². The fourth-order valence-corrected chi connectivity index (χ4v) is 1.37. The molecule has 1 rings (SSSR count). The standard InChI is InChI=1S/C14H16FNO3/c1-10(19-2)9-16-14(18)13-6-5-12(15)8-11(13)4-3-7-17/h5-6,8,10,17H,7,9H2,1-2H3,(H,16,18). The Kier molecular flexibility index (Phi) is 6.00. The molecular weight excluding hydrogens is 249 g/mol. The van der Waals surface area contributed by atoms with Gasteiger partial charge in [-0.15, -0.1) is 0 Å². The summed E-state index contributed by atoms with van der Waals surface area (Å²) < 4.78 is 18.1. The van der Waals surface area contributed by atoms with Crippen LogP contribution >= 0.6 is 0 Å². The number of benzene rings is 1. The third kappa shape index (κ3) is 4.70. The molecular formula is C14H16FNO3. The van der Waals surface area contributed by atoms with Crippen LogP contribution in [0, 0.1) is 17.7 Å². The summed E-state index contributed by atoms with van der Waals surface area (Å²) in [5, 5.41) is 11.3. The molecule has 0 radical (unpaired) electrons. The van der Waals surface area contributed by atoms with Crippen LogP contribution in [0.4, 0.5) is 4.39 Å². The van der Waals surface area contributed by atoms with Crippen molar-refractivity contribution in [1.29, 1.82) is 0 Å². The zero-order chi connectivity index (χ0) is 14.3. The SMILES string of the molecule is COC(C)CNC(=O)c1ccc(F)cc1C#CCO. The fraction of sp³-hybridized carbons (Fsp3) is 0.357. The molecule has 102 valence electrons. The Balaban J connectivity index is 2.89. The molecule has 1 aromatic carbocycles. The summed E-state index contributed by atoms with van der Waals surface area (Å²) in [4.78, 5) is 11.9. The number of hydrogen-bond acceptors (Lipinski definition) is 3. The van der Waals surface area contributed by atoms with Crippen molar-refractivity contribution in [3.63, 3.8) is 0 Å². The monoisotopic (exact) mass is 265 g/mol. The molecule has 0 saturated carbocycles. The van der Waals surface area contributed by atoms with Crippen LogP contribution in [0.1, 0.15) is 22.8 Å². The van der Waals surface area contributed by atoms with Crippen molar-refractivity contribution in [3.05, 3.63) is 35.1 Å². The molecule has 0 aromatic heterocycles. The second kappa shape index (κ2) is 7.52. The Morgan fingerprint density at radius 3 is 2.95 bits per heavy atom. The molecule has 0 bridgehead atoms. The van der Waals surface area contributed by atoms with Crippen LogP contribution in [0.3, 0.4) is 0 Å². The van der Waals surface area contributed by atoms with E-state index in [1.54, 1.807) is 7.11 Å². The molecule has 1 aromatic rings. The molecule has 19 heavy (non-hydrogen) atoms. The average Bonchev–Trinajstić information content (AvgIpc) is 2.42. The predicted molar refractivity (Wildman–Crippen MR) is 69.2 cm³/mol. The molecule has 0 saturated heterocycles. The number of aliphatic hydroxyl groups excluding tert-OH is 1. The van der Waals surface area contributed by atoms with E-state index in [0.29, 0.717) is 6.54 Å². The number of nitrogens with one attached hydrogen (secondary N) is 1. The zero-order valence-electron chi connectivity index (χ0n) is 10.9. The Labute approximate surface area is 111 Å². The maximum atomic E-state index is 13.1. The molecule has 0 fully saturated rings. The van der Waals surface area contributed by atoms with Gasteiger partial charge in [0.05, 0.1) is 11.7 Å². The number of amides is 1. The number of carbonyl (C=O) groups is 1. The van der Waals surface area contributed by atoms with Gasteiger partial charge in [0, 0.05) is 19.2 Å². The van der Waals surface area contributed by atoms with Crippen molar-refractivity contribution in [3.8, 4) is 11.8 Å². The van der Waals surface area contributed by atoms with Crippen LogP contribution in [0.5, 0.6) is 0 Å². The number of rotatable bonds is 4. The second-order valence-electron chi connectivity index (χ2n) is 3.91. The molecule has 0 aliphatic carbocycles. The van der Waals surface area contributed by atoms with Gasteiger partial charge >= 0.3 is 0 Å². The predicted octanol–water partition coefficient (Wildman–Crippen LogP) is 0.934. The number of halogens is 1. The van der Waals surface area contributed by atoms with Gasteiger partial charge in [-0.2, -0.15) is 0 Å². The Morgan fingerprint density at radius 2 is 2.32 bits per heavy atom. The van der Waals surface area contributed by atoms with Gasteiger partial charge < -0.3 is 15.2 Å². The smallest absolute Gasteiger partial charge is 0.252 e. The first-order valence-electron chi connectivity index (χ1n) is 5.78. The Bertz CT molecular complexity index is 505. The summed E-state index contributed by atoms with van der Waals surface area (Å²) in [6, 6.07) is 3.72. The third-order valence-electron chi connectivity index (χ3n) is 2.48. The van der Waals surface area contributed by atoms with Gasteiger partial charge in [-0.3, -0.25) is 4.79 Å². The van der Waals surface area contributed by atoms with Gasteiger partial charge in [-0.25, -0.2) is 4.39 Å². The molecule has 1 atom stereocenters. The first-order chi connectivity index (χ1) is 9.08. The van der Waals surface area contributed by atoms with E-state index in [2.05, 4.69) is 17.2 Å². The maximum Gasteiger partial charge on any atom is 0.252 e. The number of aliphatic hydroxyl groups is 1. The van der Waals surface area contributed by atoms with Crippen LogP contribution in [-0.2, 0) is 4.74 Å². The first kappa shape index (κ1) is 15.2. The molecule has 4 nitrogen and oxygen atoms in total. The minimum Gasteiger partial charge on any atom is -0.384 e. The minimum absolute atomic E-state index is 0.114. The van der Waals surface area contributed by atoms with E-state index in [1.807, 2.05) is 6.92 Å². The summed E-state index contributed by atoms with van der Waals surface area (Å²) >= 11 is 0. The van der Waals surface area contributed by atoms with Crippen LogP contribution in [0.25, 0.3) is 0 Å². The van der Waals surface area contributed by atoms with Crippen molar-refractivity contribution in [1.82, 2.24) is 5.32 Å². The lowest BCUT2D eigenvalue weighted by Crippen LogP contribution is -2.32. The Hall–Kier alpha value is -1.90. The number of hydrogen-bond donors (Lipinski definition) is 2. The quantitative estimate of drug-likeness (QED) is 0.796. The fourth-order valence-electron chi connectivity index (χ4n) is 1.37. The summed E-state index contributed by atoms with van der Waals surface area (Å²) in [6.45, 7) is 1.81. The lowest BCUT2D eigenvalue weighted by atomic mass is 10.1. The van der Waals surface area contributed by atoms with Gasteiger partial charge in [0.1, 0.15) is 12.4 Å². The number of methoxy groups -OCH3 is 1. The second-order valence-corrected chi connectivity index (χ2v) is 3.91. The largest absolute Gasteiger partial charge is 0.384 e. The van der Waals surface area contributed by atoms with Crippen LogP contribution in [0.15, 0.2) is 18.2 Å². The third-order valence-corrected chi connectivity index (χ3v) is 2.48. The van der Waals surface area contributed by atoms with E-state index in [4.69, 9.17) is 9.84 Å². The van der Waals surface area contributed by atoms with Crippen molar-refractivity contribution in [2.24, 2.45) is 0 Å². The normalized spacial score (nSPS) is 11.4. The molecule has 1 amide bonds. The van der Waals surface area contributed by atoms with Crippen LogP contribution in [0.2, 0.25) is 0 Å². The highest BCUT2D eigenvalue weighted by molar-refractivity contribution is 5.96. The molecule has 0 aliphatic rings. The van der Waals surface area contributed by atoms with Crippen LogP contribution in [-0.4, -0.2) is 37.4 Å². The first-order valence-corrected chi connectivity index (χ1v) is 5.78. The van der Waals surface area contributed by atoms with Gasteiger partial charge in [0.15, 0.2) is 0 Å². The van der Waals surface area contributed by atoms with Gasteiger partial charge in [0.2, 0.25) is 0 Å². The van der Waals surface area contributed by atoms with Crippen molar-refractivity contribution < 1.29 is 19.0 Å². The van der Waals surface area contributed by atoms with E-state index in [9.17, 15) is 9.18 Å². The average molecular weight is 265 g/mol. The molecule has 0 heterocycles. The highest BCUT2D eigenvalue weighted by atomic mass is 19.1. The molecule has 1 unspecified atom stereocenters. The van der Waals surface area contributed by atoms with E-state index < -0.39 is 5.82 Å². The van der Waals surface area contributed by atoms with E-state index in [-0.39, 0.29) is 29.7 Å². The Morgan fingerprint density at radius 1 is 1.58 bits per heavy atom. The molecule has 2 N–H and O–H groups in total. The molecule has 0 aliphatic heterocycles. The summed E-state index contributed by atoms with van der Waals surface area (Å²) in [5.74, 6) is 4.11. The van der Waals surface area contributed by atoms with Crippen LogP contribution < -0.4 is 5.32 Å². The lowest BCUT2D eigenvalue weighted by molar-refractivity contribution is 0.0870. The topological polar surface area (TPSA) is 58.6 Å². The zero-order valence-corrected chi connectivity index (χ0v) is 10.9. The van der Waals surface area contributed by atoms with Gasteiger partial charge in [-0.05, 0) is 25.1 Å². The summed E-state index contributed by atoms with van der Waals surface area (Å²) in [6.07, 6.45) is -0.114. The highest BCUT2D eigenvalue weighted by Gasteiger charge is 2.12. The van der Waals surface area contributed by atoms with E-state index in [1.165, 1.54) is 12.1 Å². The van der Waals surface area contributed by atoms with E-state index >= 15 is 0 Å². The minimum atomic E-state index is -0.482. The van der Waals surface area contributed by atoms with Crippen molar-refractivity contribution in [2.45, 2.75) is 13.0 Å². The van der Waals surface area contributed by atoms with Gasteiger partial charge in [0.25, 0.3) is 5.91 Å². The summed E-state index contributed by atoms with van der Waals surface area (Å²) in [5.41, 5.74) is 0.516. The van der Waals surface area contributed by atoms with Crippen molar-refractivity contribution in [2.75, 3.05) is 20.3 Å². The number of ether oxygens (including phenoxy) is 1. The maximum absolute atomic E-state index is 13.1. The van der Waals surface area contributed by atoms with Crippen molar-refractivity contribution >= 4 is 5.91 Å². The summed E-state index contributed by atoms with van der Waals surface area (Å²) in [7, 11) is 1.55. The highest BCUT2D eigenvalue weighted by Crippen LogP contribution is 2.10. The van der Waals surface area contributed by atoms with Gasteiger partial charge in [-0.1, -0.05) is 11.8 Å². The number of carbonyl (C=O) groups excluding carboxylic acids is 1. The molecule has 5 heteroatoms. The molecule has 0 spiro atoms.